The lowest BCUT2D eigenvalue weighted by Crippen LogP contribution is -2.41. The fraction of sp³-hybridized carbons (Fsp3) is 0.319. The van der Waals surface area contributed by atoms with Crippen LogP contribution >= 0.6 is 0 Å². The van der Waals surface area contributed by atoms with E-state index in [1.807, 2.05) is 79.9 Å². The molecule has 2 unspecified atom stereocenters. The van der Waals surface area contributed by atoms with E-state index in [0.717, 1.165) is 40.0 Å². The first-order valence-electron chi connectivity index (χ1n) is 20.1. The van der Waals surface area contributed by atoms with Gasteiger partial charge in [-0.05, 0) is 97.0 Å². The molecule has 0 aromatic heterocycles. The monoisotopic (exact) mass is 812 g/mol. The standard InChI is InChI=1S/C47H48N4O9/c1-28-16-31-10-4-6-12-39(31)50(28)46(54)35-21-41(56-2)43(23-37(35)48)59-26-29-17-30(19-34(18-29)58-15-9-8-14-45(52)53)27-60-44-24-38-36(22-42(44)57-3)47(55)51-33(25-49-38)20-32-11-5-7-13-40(32)51/h4-7,10-13,17-19,21-25,28,33,41,43H,8-9,14-16,20,26-27,48H2,1-3H3,(H,52,53)/t28-,33+,41?,43?/m1/s1. The zero-order chi connectivity index (χ0) is 41.9. The van der Waals surface area contributed by atoms with Crippen molar-refractivity contribution in [3.8, 4) is 17.2 Å². The first-order chi connectivity index (χ1) is 29.1. The van der Waals surface area contributed by atoms with E-state index in [0.29, 0.717) is 65.6 Å². The number of rotatable bonds is 15. The average molecular weight is 813 g/mol. The molecule has 4 aliphatic rings. The van der Waals surface area contributed by atoms with Crippen LogP contribution in [0.25, 0.3) is 0 Å². The maximum Gasteiger partial charge on any atom is 0.303 e. The number of carbonyl (C=O) groups is 3. The molecule has 8 rings (SSSR count). The van der Waals surface area contributed by atoms with Gasteiger partial charge in [0.1, 0.15) is 24.6 Å². The number of para-hydroxylation sites is 2. The van der Waals surface area contributed by atoms with Gasteiger partial charge in [0, 0.05) is 55.3 Å². The van der Waals surface area contributed by atoms with E-state index in [1.165, 1.54) is 7.11 Å². The summed E-state index contributed by atoms with van der Waals surface area (Å²) in [7, 11) is 3.10. The summed E-state index contributed by atoms with van der Waals surface area (Å²) in [6.07, 6.45) is 6.66. The third-order valence-electron chi connectivity index (χ3n) is 11.3. The number of benzene rings is 4. The summed E-state index contributed by atoms with van der Waals surface area (Å²) < 4.78 is 30.4. The predicted molar refractivity (Wildman–Crippen MR) is 226 cm³/mol. The van der Waals surface area contributed by atoms with Gasteiger partial charge in [0.15, 0.2) is 11.5 Å². The number of anilines is 2. The molecule has 4 atom stereocenters. The number of ether oxygens (including phenoxy) is 5. The molecule has 13 heteroatoms. The number of amides is 2. The highest BCUT2D eigenvalue weighted by molar-refractivity contribution is 6.15. The second-order valence-corrected chi connectivity index (χ2v) is 15.4. The third-order valence-corrected chi connectivity index (χ3v) is 11.3. The second kappa shape index (κ2) is 17.4. The lowest BCUT2D eigenvalue weighted by Gasteiger charge is -2.30. The number of hydrogen-bond acceptors (Lipinski definition) is 10. The summed E-state index contributed by atoms with van der Waals surface area (Å²) in [5.74, 6) is 0.169. The van der Waals surface area contributed by atoms with Crippen LogP contribution in [0.15, 0.2) is 107 Å². The number of carboxylic acid groups (broad SMARTS) is 1. The third kappa shape index (κ3) is 8.23. The van der Waals surface area contributed by atoms with Gasteiger partial charge >= 0.3 is 5.97 Å². The van der Waals surface area contributed by atoms with E-state index in [-0.39, 0.29) is 43.5 Å². The van der Waals surface area contributed by atoms with Crippen molar-refractivity contribution in [2.45, 2.75) is 76.5 Å². The average Bonchev–Trinajstić information content (AvgIpc) is 3.75. The summed E-state index contributed by atoms with van der Waals surface area (Å²) >= 11 is 0. The molecule has 310 valence electrons. The maximum atomic E-state index is 13.9. The Morgan fingerprint density at radius 2 is 1.58 bits per heavy atom. The number of methoxy groups -OCH3 is 2. The molecule has 3 heterocycles. The topological polar surface area (TPSA) is 162 Å². The molecule has 4 aromatic rings. The van der Waals surface area contributed by atoms with Gasteiger partial charge in [0.2, 0.25) is 0 Å². The highest BCUT2D eigenvalue weighted by atomic mass is 16.5. The molecule has 0 saturated heterocycles. The van der Waals surface area contributed by atoms with Crippen molar-refractivity contribution in [3.05, 3.63) is 130 Å². The number of nitrogens with two attached hydrogens (primary N) is 1. The van der Waals surface area contributed by atoms with Crippen LogP contribution in [0.3, 0.4) is 0 Å². The summed E-state index contributed by atoms with van der Waals surface area (Å²) in [6.45, 7) is 2.60. The lowest BCUT2D eigenvalue weighted by atomic mass is 9.97. The molecule has 0 radical (unpaired) electrons. The number of carbonyl (C=O) groups excluding carboxylic acids is 2. The van der Waals surface area contributed by atoms with Crippen LogP contribution in [0.5, 0.6) is 17.2 Å². The summed E-state index contributed by atoms with van der Waals surface area (Å²) in [6, 6.07) is 24.6. The van der Waals surface area contributed by atoms with Crippen molar-refractivity contribution < 1.29 is 43.2 Å². The normalized spacial score (nSPS) is 20.0. The van der Waals surface area contributed by atoms with E-state index in [2.05, 4.69) is 0 Å². The maximum absolute atomic E-state index is 13.9. The molecule has 1 aliphatic carbocycles. The summed E-state index contributed by atoms with van der Waals surface area (Å²) in [4.78, 5) is 47.2. The summed E-state index contributed by atoms with van der Waals surface area (Å²) in [5, 5.41) is 9.07. The highest BCUT2D eigenvalue weighted by Gasteiger charge is 2.38. The number of unbranched alkanes of at least 4 members (excludes halogenated alkanes) is 1. The van der Waals surface area contributed by atoms with Gasteiger partial charge in [-0.3, -0.25) is 24.3 Å². The number of hydrogen-bond donors (Lipinski definition) is 2. The predicted octanol–water partition coefficient (Wildman–Crippen LogP) is 6.86. The number of aliphatic imine (C=N–C) groups is 1. The Morgan fingerprint density at radius 1 is 0.850 bits per heavy atom. The second-order valence-electron chi connectivity index (χ2n) is 15.4. The van der Waals surface area contributed by atoms with Gasteiger partial charge in [0.05, 0.1) is 43.2 Å². The molecule has 4 aromatic carbocycles. The van der Waals surface area contributed by atoms with Crippen molar-refractivity contribution in [2.24, 2.45) is 10.7 Å². The highest BCUT2D eigenvalue weighted by Crippen LogP contribution is 2.41. The minimum Gasteiger partial charge on any atom is -0.494 e. The zero-order valence-electron chi connectivity index (χ0n) is 33.8. The largest absolute Gasteiger partial charge is 0.494 e. The van der Waals surface area contributed by atoms with E-state index >= 15 is 0 Å². The number of nitrogens with zero attached hydrogens (tertiary/aromatic N) is 3. The van der Waals surface area contributed by atoms with E-state index in [4.69, 9.17) is 39.5 Å². The summed E-state index contributed by atoms with van der Waals surface area (Å²) in [5.41, 5.74) is 13.7. The molecule has 13 nitrogen and oxygen atoms in total. The van der Waals surface area contributed by atoms with Crippen LogP contribution in [-0.2, 0) is 45.1 Å². The molecule has 3 N–H and O–H groups in total. The molecule has 0 spiro atoms. The molecular weight excluding hydrogens is 765 g/mol. The van der Waals surface area contributed by atoms with Gasteiger partial charge in [-0.15, -0.1) is 0 Å². The Labute approximate surface area is 348 Å². The fourth-order valence-corrected chi connectivity index (χ4v) is 8.35. The Kier molecular flexibility index (Phi) is 11.7. The molecule has 3 aliphatic heterocycles. The molecule has 60 heavy (non-hydrogen) atoms. The molecule has 0 saturated carbocycles. The van der Waals surface area contributed by atoms with Crippen LogP contribution < -0.4 is 29.7 Å². The minimum absolute atomic E-state index is 0.0179. The van der Waals surface area contributed by atoms with Gasteiger partial charge < -0.3 is 39.4 Å². The Bertz CT molecular complexity index is 2410. The van der Waals surface area contributed by atoms with Crippen molar-refractivity contribution in [2.75, 3.05) is 30.6 Å². The van der Waals surface area contributed by atoms with Crippen molar-refractivity contribution >= 4 is 41.1 Å². The van der Waals surface area contributed by atoms with Gasteiger partial charge in [-0.25, -0.2) is 0 Å². The molecular formula is C47H48N4O9. The van der Waals surface area contributed by atoms with Crippen molar-refractivity contribution in [3.63, 3.8) is 0 Å². The van der Waals surface area contributed by atoms with E-state index in [1.54, 1.807) is 41.2 Å². The minimum atomic E-state index is -0.850. The van der Waals surface area contributed by atoms with Gasteiger partial charge in [0.25, 0.3) is 11.8 Å². The number of aliphatic carboxylic acids is 1. The first-order valence-corrected chi connectivity index (χ1v) is 20.1. The Hall–Kier alpha value is -6.44. The van der Waals surface area contributed by atoms with Crippen LogP contribution in [0.2, 0.25) is 0 Å². The van der Waals surface area contributed by atoms with Gasteiger partial charge in [-0.1, -0.05) is 36.4 Å². The fourth-order valence-electron chi connectivity index (χ4n) is 8.35. The van der Waals surface area contributed by atoms with E-state index in [9.17, 15) is 14.4 Å². The Morgan fingerprint density at radius 3 is 2.33 bits per heavy atom. The van der Waals surface area contributed by atoms with Crippen LogP contribution in [0, 0.1) is 0 Å². The SMILES string of the molecule is COc1cc2c(cc1OCc1cc(COC3C=C(N)C(C(=O)N4c5ccccc5C[C@H]4C)=CC3OC)cc(OCCCCC(=O)O)c1)N=C[C@@H]1Cc3ccccc3N1C2=O. The smallest absolute Gasteiger partial charge is 0.303 e. The molecule has 0 fully saturated rings. The molecule has 0 bridgehead atoms. The van der Waals surface area contributed by atoms with Crippen LogP contribution in [0.1, 0.15) is 58.8 Å². The lowest BCUT2D eigenvalue weighted by molar-refractivity contribution is -0.137. The van der Waals surface area contributed by atoms with Crippen molar-refractivity contribution in [1.82, 2.24) is 0 Å². The number of fused-ring (bicyclic) bond motifs is 5. The zero-order valence-corrected chi connectivity index (χ0v) is 33.8. The van der Waals surface area contributed by atoms with Crippen LogP contribution in [0.4, 0.5) is 17.1 Å². The van der Waals surface area contributed by atoms with E-state index < -0.39 is 18.2 Å². The van der Waals surface area contributed by atoms with Crippen molar-refractivity contribution in [1.29, 1.82) is 0 Å². The quantitative estimate of drug-likeness (QED) is 0.121. The first kappa shape index (κ1) is 40.3. The van der Waals surface area contributed by atoms with Crippen LogP contribution in [-0.4, -0.2) is 74.2 Å². The van der Waals surface area contributed by atoms with Gasteiger partial charge in [-0.2, -0.15) is 0 Å². The Balaban J connectivity index is 0.991. The number of carboxylic acids is 1. The molecule has 2 amide bonds.